The van der Waals surface area contributed by atoms with E-state index < -0.39 is 11.7 Å². The maximum absolute atomic E-state index is 12.9. The van der Waals surface area contributed by atoms with Gasteiger partial charge in [-0.15, -0.1) is 0 Å². The van der Waals surface area contributed by atoms with Crippen molar-refractivity contribution < 1.29 is 17.6 Å². The molecule has 0 amide bonds. The van der Waals surface area contributed by atoms with E-state index in [1.807, 2.05) is 0 Å². The van der Waals surface area contributed by atoms with Crippen molar-refractivity contribution in [2.45, 2.75) is 12.6 Å². The van der Waals surface area contributed by atoms with Crippen molar-refractivity contribution in [3.05, 3.63) is 59.5 Å². The third-order valence-corrected chi connectivity index (χ3v) is 2.70. The Labute approximate surface area is 113 Å². The smallest absolute Gasteiger partial charge is 0.370 e. The minimum atomic E-state index is -4.38. The van der Waals surface area contributed by atoms with Crippen molar-refractivity contribution >= 4 is 5.82 Å². The van der Waals surface area contributed by atoms with Gasteiger partial charge in [0.2, 0.25) is 0 Å². The van der Waals surface area contributed by atoms with Gasteiger partial charge in [-0.05, 0) is 36.2 Å². The number of benzene rings is 1. The van der Waals surface area contributed by atoms with E-state index in [2.05, 4.69) is 10.3 Å². The molecule has 1 aromatic heterocycles. The highest BCUT2D eigenvalue weighted by Gasteiger charge is 2.30. The Hall–Kier alpha value is -2.11. The quantitative estimate of drug-likeness (QED) is 0.861. The minimum absolute atomic E-state index is 0.310. The number of hydrogen-bond acceptors (Lipinski definition) is 2. The number of alkyl halides is 3. The molecular weight excluding hydrogens is 272 g/mol. The van der Waals surface area contributed by atoms with Gasteiger partial charge in [-0.3, -0.25) is 0 Å². The van der Waals surface area contributed by atoms with Gasteiger partial charge in [0.05, 0.1) is 5.56 Å². The Morgan fingerprint density at radius 1 is 1.10 bits per heavy atom. The molecule has 0 bridgehead atoms. The van der Waals surface area contributed by atoms with Crippen LogP contribution in [-0.2, 0) is 12.6 Å². The first-order valence-corrected chi connectivity index (χ1v) is 5.97. The topological polar surface area (TPSA) is 24.9 Å². The fourth-order valence-electron chi connectivity index (χ4n) is 1.69. The van der Waals surface area contributed by atoms with Gasteiger partial charge in [0.25, 0.3) is 0 Å². The van der Waals surface area contributed by atoms with E-state index in [1.165, 1.54) is 18.2 Å². The molecule has 2 rings (SSSR count). The van der Waals surface area contributed by atoms with Crippen LogP contribution in [0, 0.1) is 5.82 Å². The van der Waals surface area contributed by atoms with E-state index in [4.69, 9.17) is 0 Å². The summed E-state index contributed by atoms with van der Waals surface area (Å²) >= 11 is 0. The molecule has 0 radical (unpaired) electrons. The summed E-state index contributed by atoms with van der Waals surface area (Å²) in [6, 6.07) is 8.41. The lowest BCUT2D eigenvalue weighted by Crippen LogP contribution is -2.09. The van der Waals surface area contributed by atoms with Crippen molar-refractivity contribution in [3.8, 4) is 0 Å². The second-order valence-corrected chi connectivity index (χ2v) is 4.24. The van der Waals surface area contributed by atoms with Crippen LogP contribution in [0.2, 0.25) is 0 Å². The Kier molecular flexibility index (Phi) is 4.22. The predicted octanol–water partition coefficient (Wildman–Crippen LogP) is 3.89. The molecule has 0 atom stereocenters. The maximum atomic E-state index is 12.9. The third kappa shape index (κ3) is 3.94. The van der Waals surface area contributed by atoms with Crippen molar-refractivity contribution in [3.63, 3.8) is 0 Å². The van der Waals surface area contributed by atoms with Crippen LogP contribution in [-0.4, -0.2) is 11.5 Å². The van der Waals surface area contributed by atoms with Crippen LogP contribution in [0.5, 0.6) is 0 Å². The zero-order valence-corrected chi connectivity index (χ0v) is 10.4. The van der Waals surface area contributed by atoms with Crippen LogP contribution in [0.1, 0.15) is 11.1 Å². The monoisotopic (exact) mass is 284 g/mol. The van der Waals surface area contributed by atoms with Crippen molar-refractivity contribution in [2.75, 3.05) is 11.9 Å². The number of rotatable bonds is 4. The van der Waals surface area contributed by atoms with Gasteiger partial charge in [-0.1, -0.05) is 12.1 Å². The van der Waals surface area contributed by atoms with Gasteiger partial charge in [0.1, 0.15) is 11.6 Å². The van der Waals surface area contributed by atoms with Gasteiger partial charge < -0.3 is 5.32 Å². The van der Waals surface area contributed by atoms with Crippen LogP contribution in [0.4, 0.5) is 23.4 Å². The van der Waals surface area contributed by atoms with Crippen molar-refractivity contribution in [1.29, 1.82) is 0 Å². The summed E-state index contributed by atoms with van der Waals surface area (Å²) in [4.78, 5) is 3.69. The molecule has 20 heavy (non-hydrogen) atoms. The molecule has 0 saturated heterocycles. The number of pyridine rings is 1. The Balaban J connectivity index is 1.88. The molecule has 106 valence electrons. The summed E-state index contributed by atoms with van der Waals surface area (Å²) in [5, 5.41) is 2.89. The average Bonchev–Trinajstić information content (AvgIpc) is 2.38. The standard InChI is InChI=1S/C14H12F4N2/c15-12-3-1-2-10(8-12)6-7-19-13-5-4-11(9-20-13)14(16,17)18/h1-5,8-9H,6-7H2,(H,19,20). The van der Waals surface area contributed by atoms with Crippen LogP contribution in [0.3, 0.4) is 0 Å². The Bertz CT molecular complexity index is 564. The van der Waals surface area contributed by atoms with Gasteiger partial charge in [-0.25, -0.2) is 9.37 Å². The fourth-order valence-corrected chi connectivity index (χ4v) is 1.69. The lowest BCUT2D eigenvalue weighted by molar-refractivity contribution is -0.137. The van der Waals surface area contributed by atoms with E-state index >= 15 is 0 Å². The first-order chi connectivity index (χ1) is 9.45. The SMILES string of the molecule is Fc1cccc(CCNc2ccc(C(F)(F)F)cn2)c1. The highest BCUT2D eigenvalue weighted by atomic mass is 19.4. The molecule has 6 heteroatoms. The Morgan fingerprint density at radius 3 is 2.50 bits per heavy atom. The molecule has 2 nitrogen and oxygen atoms in total. The molecule has 0 unspecified atom stereocenters. The largest absolute Gasteiger partial charge is 0.417 e. The first kappa shape index (κ1) is 14.3. The van der Waals surface area contributed by atoms with Crippen molar-refractivity contribution in [2.24, 2.45) is 0 Å². The van der Waals surface area contributed by atoms with Gasteiger partial charge in [0.15, 0.2) is 0 Å². The van der Waals surface area contributed by atoms with E-state index in [9.17, 15) is 17.6 Å². The highest BCUT2D eigenvalue weighted by molar-refractivity contribution is 5.36. The lowest BCUT2D eigenvalue weighted by Gasteiger charge is -2.08. The summed E-state index contributed by atoms with van der Waals surface area (Å²) in [7, 11) is 0. The van der Waals surface area contributed by atoms with Crippen LogP contribution >= 0.6 is 0 Å². The summed E-state index contributed by atoms with van der Waals surface area (Å²) in [5.74, 6) is 0.0459. The van der Waals surface area contributed by atoms with Crippen LogP contribution in [0.25, 0.3) is 0 Å². The van der Waals surface area contributed by atoms with Gasteiger partial charge in [0, 0.05) is 12.7 Å². The zero-order valence-electron chi connectivity index (χ0n) is 10.4. The molecule has 0 aliphatic rings. The molecule has 1 aromatic carbocycles. The summed E-state index contributed by atoms with van der Waals surface area (Å²) in [5.41, 5.74) is 0.0255. The minimum Gasteiger partial charge on any atom is -0.370 e. The number of aromatic nitrogens is 1. The van der Waals surface area contributed by atoms with Gasteiger partial charge in [-0.2, -0.15) is 13.2 Å². The lowest BCUT2D eigenvalue weighted by atomic mass is 10.1. The number of anilines is 1. The molecule has 0 aliphatic carbocycles. The van der Waals surface area contributed by atoms with E-state index in [0.717, 1.165) is 17.8 Å². The van der Waals surface area contributed by atoms with Crippen LogP contribution < -0.4 is 5.32 Å². The normalized spacial score (nSPS) is 11.4. The zero-order chi connectivity index (χ0) is 14.6. The molecule has 0 fully saturated rings. The number of hydrogen-bond donors (Lipinski definition) is 1. The van der Waals surface area contributed by atoms with E-state index in [1.54, 1.807) is 12.1 Å². The molecule has 0 spiro atoms. The van der Waals surface area contributed by atoms with E-state index in [-0.39, 0.29) is 5.82 Å². The number of nitrogens with zero attached hydrogens (tertiary/aromatic N) is 1. The first-order valence-electron chi connectivity index (χ1n) is 5.97. The summed E-state index contributed by atoms with van der Waals surface area (Å²) < 4.78 is 49.9. The molecule has 2 aromatic rings. The van der Waals surface area contributed by atoms with Crippen molar-refractivity contribution in [1.82, 2.24) is 4.98 Å². The average molecular weight is 284 g/mol. The Morgan fingerprint density at radius 2 is 1.90 bits per heavy atom. The summed E-state index contributed by atoms with van der Waals surface area (Å²) in [6.45, 7) is 0.460. The fraction of sp³-hybridized carbons (Fsp3) is 0.214. The predicted molar refractivity (Wildman–Crippen MR) is 67.8 cm³/mol. The molecule has 0 aliphatic heterocycles. The van der Waals surface area contributed by atoms with Crippen LogP contribution in [0.15, 0.2) is 42.6 Å². The van der Waals surface area contributed by atoms with Gasteiger partial charge >= 0.3 is 6.18 Å². The maximum Gasteiger partial charge on any atom is 0.417 e. The second-order valence-electron chi connectivity index (χ2n) is 4.24. The molecular formula is C14H12F4N2. The van der Waals surface area contributed by atoms with E-state index in [0.29, 0.717) is 18.8 Å². The highest BCUT2D eigenvalue weighted by Crippen LogP contribution is 2.28. The second kappa shape index (κ2) is 5.90. The molecule has 1 heterocycles. The third-order valence-electron chi connectivity index (χ3n) is 2.70. The molecule has 0 saturated carbocycles. The molecule has 1 N–H and O–H groups in total. The summed E-state index contributed by atoms with van der Waals surface area (Å²) in [6.07, 6.45) is -3.04. The number of nitrogens with one attached hydrogen (secondary N) is 1. The number of halogens is 4.